The normalized spacial score (nSPS) is 20.9. The number of hydrogen-bond donors (Lipinski definition) is 1. The molecule has 1 heterocycles. The van der Waals surface area contributed by atoms with Crippen LogP contribution in [0.1, 0.15) is 36.4 Å². The summed E-state index contributed by atoms with van der Waals surface area (Å²) in [5, 5.41) is 3.47. The zero-order valence-corrected chi connectivity index (χ0v) is 15.7. The maximum atomic E-state index is 3.79. The van der Waals surface area contributed by atoms with Gasteiger partial charge in [-0.2, -0.15) is 0 Å². The van der Waals surface area contributed by atoms with Crippen molar-refractivity contribution < 1.29 is 0 Å². The van der Waals surface area contributed by atoms with Crippen LogP contribution in [0.25, 0.3) is 0 Å². The second-order valence-electron chi connectivity index (χ2n) is 5.95. The summed E-state index contributed by atoms with van der Waals surface area (Å²) in [5.74, 6) is 0.858. The minimum Gasteiger partial charge on any atom is -0.314 e. The van der Waals surface area contributed by atoms with Crippen molar-refractivity contribution >= 4 is 40.7 Å². The Kier molecular flexibility index (Phi) is 8.00. The lowest BCUT2D eigenvalue weighted by atomic mass is 9.76. The minimum atomic E-state index is 0. The molecule has 0 radical (unpaired) electrons. The molecule has 1 aliphatic heterocycles. The number of halogens is 3. The van der Waals surface area contributed by atoms with Gasteiger partial charge in [-0.1, -0.05) is 34.5 Å². The zero-order chi connectivity index (χ0) is 13.2. The fraction of sp³-hybridized carbons (Fsp3) is 0.625. The molecule has 2 nitrogen and oxygen atoms in total. The highest BCUT2D eigenvalue weighted by Crippen LogP contribution is 2.43. The Morgan fingerprint density at radius 1 is 1.19 bits per heavy atom. The van der Waals surface area contributed by atoms with E-state index in [2.05, 4.69) is 51.3 Å². The molecule has 1 saturated heterocycles. The largest absolute Gasteiger partial charge is 0.314 e. The summed E-state index contributed by atoms with van der Waals surface area (Å²) in [6.45, 7) is 6.79. The first-order valence-electron chi connectivity index (χ1n) is 7.46. The molecular formula is C16H25BrCl2N2. The van der Waals surface area contributed by atoms with Crippen LogP contribution >= 0.6 is 40.7 Å². The van der Waals surface area contributed by atoms with Gasteiger partial charge in [-0.05, 0) is 42.9 Å². The van der Waals surface area contributed by atoms with E-state index in [1.807, 2.05) is 0 Å². The van der Waals surface area contributed by atoms with Crippen LogP contribution in [0.3, 0.4) is 0 Å². The predicted octanol–water partition coefficient (Wildman–Crippen LogP) is 4.35. The van der Waals surface area contributed by atoms with Crippen molar-refractivity contribution in [2.24, 2.45) is 5.92 Å². The Hall–Kier alpha value is 0.200. The summed E-state index contributed by atoms with van der Waals surface area (Å²) >= 11 is 3.79. The molecule has 5 heteroatoms. The van der Waals surface area contributed by atoms with Crippen LogP contribution in [-0.2, 0) is 0 Å². The molecule has 2 fully saturated rings. The van der Waals surface area contributed by atoms with Gasteiger partial charge < -0.3 is 5.32 Å². The van der Waals surface area contributed by atoms with E-state index in [0.29, 0.717) is 6.04 Å². The zero-order valence-electron chi connectivity index (χ0n) is 12.5. The molecule has 0 aromatic heterocycles. The number of nitrogens with one attached hydrogen (secondary N) is 1. The standard InChI is InChI=1S/C16H23BrN2.2ClH/c1-12-5-6-14(15(17)11-12)16(13-3-2-4-13)19-9-7-18-8-10-19;;/h5-6,11,13,16,18H,2-4,7-10H2,1H3;2*1H/t16-;;/m0../s1. The van der Waals surface area contributed by atoms with Crippen molar-refractivity contribution in [1.82, 2.24) is 10.2 Å². The maximum Gasteiger partial charge on any atom is 0.0388 e. The summed E-state index contributed by atoms with van der Waals surface area (Å²) in [7, 11) is 0. The van der Waals surface area contributed by atoms with E-state index in [1.54, 1.807) is 0 Å². The molecule has 1 saturated carbocycles. The number of benzene rings is 1. The SMILES string of the molecule is Cc1ccc([C@H](C2CCC2)N2CCNCC2)c(Br)c1.Cl.Cl. The molecule has 21 heavy (non-hydrogen) atoms. The molecule has 120 valence electrons. The fourth-order valence-corrected chi connectivity index (χ4v) is 4.06. The van der Waals surface area contributed by atoms with Crippen LogP contribution in [0.5, 0.6) is 0 Å². The van der Waals surface area contributed by atoms with Gasteiger partial charge in [0, 0.05) is 36.7 Å². The smallest absolute Gasteiger partial charge is 0.0388 e. The molecule has 0 spiro atoms. The quantitative estimate of drug-likeness (QED) is 0.818. The lowest BCUT2D eigenvalue weighted by Gasteiger charge is -2.43. The highest BCUT2D eigenvalue weighted by atomic mass is 79.9. The number of piperazine rings is 1. The second kappa shape index (κ2) is 8.73. The van der Waals surface area contributed by atoms with Gasteiger partial charge >= 0.3 is 0 Å². The number of aryl methyl sites for hydroxylation is 1. The lowest BCUT2D eigenvalue weighted by molar-refractivity contribution is 0.0832. The van der Waals surface area contributed by atoms with Crippen molar-refractivity contribution in [3.8, 4) is 0 Å². The summed E-state index contributed by atoms with van der Waals surface area (Å²) in [4.78, 5) is 2.69. The Morgan fingerprint density at radius 3 is 2.38 bits per heavy atom. The molecule has 1 aromatic carbocycles. The van der Waals surface area contributed by atoms with Gasteiger partial charge in [0.05, 0.1) is 0 Å². The fourth-order valence-electron chi connectivity index (χ4n) is 3.34. The topological polar surface area (TPSA) is 15.3 Å². The highest BCUT2D eigenvalue weighted by molar-refractivity contribution is 9.10. The minimum absolute atomic E-state index is 0. The summed E-state index contributed by atoms with van der Waals surface area (Å²) in [6.07, 6.45) is 4.21. The van der Waals surface area contributed by atoms with Gasteiger partial charge in [-0.15, -0.1) is 24.8 Å². The first-order chi connectivity index (χ1) is 9.25. The molecule has 0 bridgehead atoms. The van der Waals surface area contributed by atoms with Gasteiger partial charge in [0.2, 0.25) is 0 Å². The van der Waals surface area contributed by atoms with Crippen LogP contribution < -0.4 is 5.32 Å². The lowest BCUT2D eigenvalue weighted by Crippen LogP contribution is -2.47. The Balaban J connectivity index is 0.00000110. The number of rotatable bonds is 3. The molecule has 1 atom stereocenters. The third-order valence-electron chi connectivity index (χ3n) is 4.62. The summed E-state index contributed by atoms with van der Waals surface area (Å²) in [5.41, 5.74) is 2.83. The van der Waals surface area contributed by atoms with E-state index in [0.717, 1.165) is 19.0 Å². The van der Waals surface area contributed by atoms with E-state index in [-0.39, 0.29) is 24.8 Å². The van der Waals surface area contributed by atoms with Crippen molar-refractivity contribution in [1.29, 1.82) is 0 Å². The third kappa shape index (κ3) is 4.35. The van der Waals surface area contributed by atoms with Crippen LogP contribution in [0, 0.1) is 12.8 Å². The van der Waals surface area contributed by atoms with E-state index in [4.69, 9.17) is 0 Å². The van der Waals surface area contributed by atoms with E-state index in [9.17, 15) is 0 Å². The Labute approximate surface area is 149 Å². The Bertz CT molecular complexity index is 446. The molecule has 1 aromatic rings. The molecule has 1 N–H and O–H groups in total. The number of nitrogens with zero attached hydrogens (tertiary/aromatic N) is 1. The molecular weight excluding hydrogens is 371 g/mol. The summed E-state index contributed by atoms with van der Waals surface area (Å²) < 4.78 is 1.29. The van der Waals surface area contributed by atoms with Gasteiger partial charge in [0.1, 0.15) is 0 Å². The van der Waals surface area contributed by atoms with E-state index >= 15 is 0 Å². The van der Waals surface area contributed by atoms with Crippen molar-refractivity contribution in [3.63, 3.8) is 0 Å². The average molecular weight is 396 g/mol. The van der Waals surface area contributed by atoms with Crippen molar-refractivity contribution in [3.05, 3.63) is 33.8 Å². The van der Waals surface area contributed by atoms with Gasteiger partial charge in [0.15, 0.2) is 0 Å². The van der Waals surface area contributed by atoms with Crippen molar-refractivity contribution in [2.75, 3.05) is 26.2 Å². The third-order valence-corrected chi connectivity index (χ3v) is 5.30. The molecule has 2 aliphatic rings. The van der Waals surface area contributed by atoms with E-state index < -0.39 is 0 Å². The van der Waals surface area contributed by atoms with Crippen LogP contribution in [0.2, 0.25) is 0 Å². The van der Waals surface area contributed by atoms with Gasteiger partial charge in [-0.25, -0.2) is 0 Å². The summed E-state index contributed by atoms with van der Waals surface area (Å²) in [6, 6.07) is 7.48. The predicted molar refractivity (Wildman–Crippen MR) is 97.9 cm³/mol. The monoisotopic (exact) mass is 394 g/mol. The average Bonchev–Trinajstić information content (AvgIpc) is 2.35. The number of hydrogen-bond acceptors (Lipinski definition) is 2. The van der Waals surface area contributed by atoms with Crippen LogP contribution in [0.4, 0.5) is 0 Å². The molecule has 0 unspecified atom stereocenters. The highest BCUT2D eigenvalue weighted by Gasteiger charge is 2.34. The van der Waals surface area contributed by atoms with E-state index in [1.165, 1.54) is 48.0 Å². The molecule has 0 amide bonds. The molecule has 1 aliphatic carbocycles. The Morgan fingerprint density at radius 2 is 1.86 bits per heavy atom. The van der Waals surface area contributed by atoms with Gasteiger partial charge in [-0.3, -0.25) is 4.90 Å². The first-order valence-corrected chi connectivity index (χ1v) is 8.26. The first kappa shape index (κ1) is 19.2. The maximum absolute atomic E-state index is 3.79. The molecule has 3 rings (SSSR count). The second-order valence-corrected chi connectivity index (χ2v) is 6.80. The van der Waals surface area contributed by atoms with Gasteiger partial charge in [0.25, 0.3) is 0 Å². The van der Waals surface area contributed by atoms with Crippen LogP contribution in [-0.4, -0.2) is 31.1 Å². The van der Waals surface area contributed by atoms with Crippen molar-refractivity contribution in [2.45, 2.75) is 32.2 Å². The van der Waals surface area contributed by atoms with Crippen LogP contribution in [0.15, 0.2) is 22.7 Å².